The van der Waals surface area contributed by atoms with Gasteiger partial charge in [-0.25, -0.2) is 17.9 Å². The number of methoxy groups -OCH3 is 1. The van der Waals surface area contributed by atoms with Crippen LogP contribution in [0.4, 0.5) is 16.2 Å². The number of urea groups is 1. The lowest BCUT2D eigenvalue weighted by Gasteiger charge is -2.12. The van der Waals surface area contributed by atoms with Gasteiger partial charge in [0.05, 0.1) is 12.0 Å². The van der Waals surface area contributed by atoms with Crippen molar-refractivity contribution in [3.63, 3.8) is 0 Å². The number of hydrogen-bond acceptors (Lipinski definition) is 6. The molecule has 0 aliphatic carbocycles. The first-order valence-corrected chi connectivity index (χ1v) is 10.1. The van der Waals surface area contributed by atoms with Crippen LogP contribution in [0, 0.1) is 10.1 Å². The Morgan fingerprint density at radius 3 is 2.38 bits per heavy atom. The van der Waals surface area contributed by atoms with E-state index >= 15 is 0 Å². The second-order valence-electron chi connectivity index (χ2n) is 6.37. The quantitative estimate of drug-likeness (QED) is 0.441. The van der Waals surface area contributed by atoms with Crippen molar-refractivity contribution in [2.75, 3.05) is 12.4 Å². The van der Waals surface area contributed by atoms with Crippen LogP contribution in [0.3, 0.4) is 0 Å². The molecular weight excluding hydrogens is 400 g/mol. The first-order valence-electron chi connectivity index (χ1n) is 8.61. The van der Waals surface area contributed by atoms with Gasteiger partial charge in [0, 0.05) is 30.4 Å². The van der Waals surface area contributed by atoms with Crippen molar-refractivity contribution in [1.82, 2.24) is 10.0 Å². The van der Waals surface area contributed by atoms with Gasteiger partial charge in [0.2, 0.25) is 10.0 Å². The Morgan fingerprint density at radius 1 is 1.17 bits per heavy atom. The molecule has 0 aromatic heterocycles. The summed E-state index contributed by atoms with van der Waals surface area (Å²) in [6.45, 7) is 3.63. The Hall–Kier alpha value is -3.18. The van der Waals surface area contributed by atoms with Crippen molar-refractivity contribution in [2.45, 2.75) is 31.3 Å². The number of anilines is 1. The van der Waals surface area contributed by atoms with Gasteiger partial charge in [-0.3, -0.25) is 10.1 Å². The number of carbonyl (C=O) groups is 1. The first kappa shape index (κ1) is 22.1. The van der Waals surface area contributed by atoms with E-state index in [0.29, 0.717) is 11.3 Å². The highest BCUT2D eigenvalue weighted by atomic mass is 32.2. The number of non-ortho nitro benzene ring substituents is 1. The minimum atomic E-state index is -4.06. The summed E-state index contributed by atoms with van der Waals surface area (Å²) in [4.78, 5) is 21.6. The molecule has 11 heteroatoms. The van der Waals surface area contributed by atoms with Crippen LogP contribution in [-0.2, 0) is 16.6 Å². The molecular formula is C18H22N4O6S. The summed E-state index contributed by atoms with van der Waals surface area (Å²) in [5.74, 6) is -0.00110. The van der Waals surface area contributed by atoms with E-state index < -0.39 is 14.9 Å². The van der Waals surface area contributed by atoms with Crippen LogP contribution in [0.2, 0.25) is 0 Å². The molecule has 0 radical (unpaired) electrons. The smallest absolute Gasteiger partial charge is 0.319 e. The number of nitrogens with one attached hydrogen (secondary N) is 3. The topological polar surface area (TPSA) is 140 Å². The minimum absolute atomic E-state index is 0.00110. The van der Waals surface area contributed by atoms with Gasteiger partial charge < -0.3 is 15.4 Å². The van der Waals surface area contributed by atoms with E-state index in [2.05, 4.69) is 15.4 Å². The maximum Gasteiger partial charge on any atom is 0.319 e. The summed E-state index contributed by atoms with van der Waals surface area (Å²) in [7, 11) is -2.78. The minimum Gasteiger partial charge on any atom is -0.495 e. The SMILES string of the molecule is COc1ccc([N+](=O)[O-])cc1S(=O)(=O)NCc1ccc(NC(=O)NC(C)C)cc1. The molecule has 0 bridgehead atoms. The fourth-order valence-corrected chi connectivity index (χ4v) is 3.58. The molecule has 0 heterocycles. The van der Waals surface area contributed by atoms with Crippen molar-refractivity contribution in [3.05, 3.63) is 58.1 Å². The molecule has 10 nitrogen and oxygen atoms in total. The normalized spacial score (nSPS) is 11.2. The van der Waals surface area contributed by atoms with E-state index in [1.54, 1.807) is 24.3 Å². The van der Waals surface area contributed by atoms with Crippen molar-refractivity contribution in [1.29, 1.82) is 0 Å². The lowest BCUT2D eigenvalue weighted by molar-refractivity contribution is -0.385. The highest BCUT2D eigenvalue weighted by molar-refractivity contribution is 7.89. The second kappa shape index (κ2) is 9.34. The predicted molar refractivity (Wildman–Crippen MR) is 107 cm³/mol. The molecule has 0 aliphatic heterocycles. The molecule has 0 saturated carbocycles. The number of hydrogen-bond donors (Lipinski definition) is 3. The highest BCUT2D eigenvalue weighted by Gasteiger charge is 2.23. The van der Waals surface area contributed by atoms with Gasteiger partial charge in [0.25, 0.3) is 5.69 Å². The third kappa shape index (κ3) is 6.16. The van der Waals surface area contributed by atoms with Gasteiger partial charge in [0.1, 0.15) is 10.6 Å². The molecule has 2 aromatic carbocycles. The molecule has 2 aromatic rings. The molecule has 156 valence electrons. The van der Waals surface area contributed by atoms with E-state index in [9.17, 15) is 23.3 Å². The van der Waals surface area contributed by atoms with Gasteiger partial charge in [-0.05, 0) is 37.6 Å². The zero-order valence-corrected chi connectivity index (χ0v) is 16.9. The van der Waals surface area contributed by atoms with Gasteiger partial charge in [0.15, 0.2) is 0 Å². The summed E-state index contributed by atoms with van der Waals surface area (Å²) < 4.78 is 32.6. The molecule has 0 spiro atoms. The van der Waals surface area contributed by atoms with E-state index in [4.69, 9.17) is 4.74 Å². The van der Waals surface area contributed by atoms with Gasteiger partial charge >= 0.3 is 6.03 Å². The van der Waals surface area contributed by atoms with Crippen LogP contribution in [0.1, 0.15) is 19.4 Å². The van der Waals surface area contributed by atoms with E-state index in [1.807, 2.05) is 13.8 Å². The van der Waals surface area contributed by atoms with Gasteiger partial charge in [-0.2, -0.15) is 0 Å². The van der Waals surface area contributed by atoms with E-state index in [-0.39, 0.29) is 35.0 Å². The summed E-state index contributed by atoms with van der Waals surface area (Å²) in [5, 5.41) is 16.3. The van der Waals surface area contributed by atoms with Crippen LogP contribution in [0.25, 0.3) is 0 Å². The monoisotopic (exact) mass is 422 g/mol. The Morgan fingerprint density at radius 2 is 1.83 bits per heavy atom. The number of ether oxygens (including phenoxy) is 1. The lowest BCUT2D eigenvalue weighted by Crippen LogP contribution is -2.34. The standard InChI is InChI=1S/C18H22N4O6S/c1-12(2)20-18(23)21-14-6-4-13(5-7-14)11-19-29(26,27)17-10-15(22(24)25)8-9-16(17)28-3/h4-10,12,19H,11H2,1-3H3,(H2,20,21,23). The molecule has 2 rings (SSSR count). The number of nitro groups is 1. The van der Waals surface area contributed by atoms with Crippen molar-refractivity contribution in [3.8, 4) is 5.75 Å². The maximum atomic E-state index is 12.6. The molecule has 0 fully saturated rings. The third-order valence-electron chi connectivity index (χ3n) is 3.75. The van der Waals surface area contributed by atoms with Crippen molar-refractivity contribution < 1.29 is 22.9 Å². The number of amides is 2. The summed E-state index contributed by atoms with van der Waals surface area (Å²) >= 11 is 0. The van der Waals surface area contributed by atoms with Crippen LogP contribution in [0.5, 0.6) is 5.75 Å². The molecule has 0 unspecified atom stereocenters. The number of benzene rings is 2. The molecule has 0 saturated heterocycles. The third-order valence-corrected chi connectivity index (χ3v) is 5.17. The van der Waals surface area contributed by atoms with Gasteiger partial charge in [-0.15, -0.1) is 0 Å². The van der Waals surface area contributed by atoms with Crippen LogP contribution < -0.4 is 20.1 Å². The molecule has 3 N–H and O–H groups in total. The second-order valence-corrected chi connectivity index (χ2v) is 8.10. The molecule has 29 heavy (non-hydrogen) atoms. The fourth-order valence-electron chi connectivity index (χ4n) is 2.38. The Kier molecular flexibility index (Phi) is 7.13. The van der Waals surface area contributed by atoms with E-state index in [0.717, 1.165) is 6.07 Å². The fraction of sp³-hybridized carbons (Fsp3) is 0.278. The molecule has 0 atom stereocenters. The first-order chi connectivity index (χ1) is 13.6. The summed E-state index contributed by atoms with van der Waals surface area (Å²) in [6, 6.07) is 9.57. The Labute approximate surface area is 168 Å². The molecule has 2 amide bonds. The average molecular weight is 422 g/mol. The predicted octanol–water partition coefficient (Wildman–Crippen LogP) is 2.61. The Bertz CT molecular complexity index is 990. The van der Waals surface area contributed by atoms with Crippen LogP contribution >= 0.6 is 0 Å². The van der Waals surface area contributed by atoms with Crippen molar-refractivity contribution >= 4 is 27.4 Å². The van der Waals surface area contributed by atoms with Crippen molar-refractivity contribution in [2.24, 2.45) is 0 Å². The van der Waals surface area contributed by atoms with Crippen LogP contribution in [-0.4, -0.2) is 32.5 Å². The average Bonchev–Trinajstić information content (AvgIpc) is 2.66. The van der Waals surface area contributed by atoms with Gasteiger partial charge in [-0.1, -0.05) is 12.1 Å². The Balaban J connectivity index is 2.10. The molecule has 0 aliphatic rings. The highest BCUT2D eigenvalue weighted by Crippen LogP contribution is 2.28. The largest absolute Gasteiger partial charge is 0.495 e. The number of rotatable bonds is 8. The number of sulfonamides is 1. The van der Waals surface area contributed by atoms with E-state index in [1.165, 1.54) is 19.2 Å². The number of nitrogens with zero attached hydrogens (tertiary/aromatic N) is 1. The zero-order valence-electron chi connectivity index (χ0n) is 16.1. The number of carbonyl (C=O) groups excluding carboxylic acids is 1. The summed E-state index contributed by atoms with van der Waals surface area (Å²) in [6.07, 6.45) is 0. The van der Waals surface area contributed by atoms with Crippen LogP contribution in [0.15, 0.2) is 47.4 Å². The lowest BCUT2D eigenvalue weighted by atomic mass is 10.2. The number of nitro benzene ring substituents is 1. The maximum absolute atomic E-state index is 12.6. The summed E-state index contributed by atoms with van der Waals surface area (Å²) in [5.41, 5.74) is 0.823. The zero-order chi connectivity index (χ0) is 21.6.